The van der Waals surface area contributed by atoms with Crippen LogP contribution < -0.4 is 0 Å². The summed E-state index contributed by atoms with van der Waals surface area (Å²) in [5.41, 5.74) is 2.18. The van der Waals surface area contributed by atoms with Crippen LogP contribution >= 0.6 is 11.3 Å². The van der Waals surface area contributed by atoms with Crippen molar-refractivity contribution in [2.45, 2.75) is 13.5 Å². The third-order valence-electron chi connectivity index (χ3n) is 3.04. The number of benzene rings is 1. The topological polar surface area (TPSA) is 65.0 Å². The van der Waals surface area contributed by atoms with Crippen molar-refractivity contribution < 1.29 is 9.53 Å². The Hall–Kier alpha value is -2.60. The number of carbonyl (C=O) groups is 1. The number of nitrogens with zero attached hydrogens (tertiary/aromatic N) is 3. The highest BCUT2D eigenvalue weighted by atomic mass is 32.1. The number of hydrogen-bond donors (Lipinski definition) is 0. The van der Waals surface area contributed by atoms with Crippen LogP contribution in [0.3, 0.4) is 0 Å². The van der Waals surface area contributed by atoms with Crippen LogP contribution in [0.1, 0.15) is 21.1 Å². The Morgan fingerprint density at radius 2 is 2.05 bits per heavy atom. The zero-order valence-corrected chi connectivity index (χ0v) is 12.7. The summed E-state index contributed by atoms with van der Waals surface area (Å²) in [5.74, 6) is -0.462. The largest absolute Gasteiger partial charge is 0.455 e. The first-order valence-corrected chi connectivity index (χ1v) is 7.50. The average molecular weight is 311 g/mol. The van der Waals surface area contributed by atoms with Crippen LogP contribution in [-0.4, -0.2) is 20.9 Å². The lowest BCUT2D eigenvalue weighted by Gasteiger charge is -2.02. The quantitative estimate of drug-likeness (QED) is 0.692. The van der Waals surface area contributed by atoms with Crippen molar-refractivity contribution in [3.05, 3.63) is 65.2 Å². The summed E-state index contributed by atoms with van der Waals surface area (Å²) in [4.78, 5) is 25.0. The molecule has 0 aliphatic heterocycles. The number of aromatic nitrogens is 3. The summed E-state index contributed by atoms with van der Waals surface area (Å²) in [6.07, 6.45) is 2.83. The van der Waals surface area contributed by atoms with Crippen molar-refractivity contribution in [3.63, 3.8) is 0 Å². The van der Waals surface area contributed by atoms with E-state index in [0.29, 0.717) is 0 Å². The van der Waals surface area contributed by atoms with Gasteiger partial charge in [0.1, 0.15) is 17.9 Å². The molecule has 0 amide bonds. The van der Waals surface area contributed by atoms with Crippen molar-refractivity contribution in [1.82, 2.24) is 15.0 Å². The van der Waals surface area contributed by atoms with E-state index in [4.69, 9.17) is 4.74 Å². The molecule has 3 aromatic rings. The van der Waals surface area contributed by atoms with Gasteiger partial charge in [0.25, 0.3) is 0 Å². The minimum atomic E-state index is -0.462. The highest BCUT2D eigenvalue weighted by Crippen LogP contribution is 2.28. The number of rotatable bonds is 4. The van der Waals surface area contributed by atoms with Crippen LogP contribution in [0, 0.1) is 6.92 Å². The molecule has 0 atom stereocenters. The van der Waals surface area contributed by atoms with E-state index in [1.54, 1.807) is 0 Å². The zero-order chi connectivity index (χ0) is 15.4. The lowest BCUT2D eigenvalue weighted by molar-refractivity contribution is 0.0469. The summed E-state index contributed by atoms with van der Waals surface area (Å²) in [7, 11) is 0. The number of aryl methyl sites for hydroxylation is 1. The van der Waals surface area contributed by atoms with Crippen LogP contribution in [-0.2, 0) is 11.3 Å². The molecular weight excluding hydrogens is 298 g/mol. The van der Waals surface area contributed by atoms with E-state index in [9.17, 15) is 4.79 Å². The molecule has 5 nitrogen and oxygen atoms in total. The second-order valence-electron chi connectivity index (χ2n) is 4.56. The Morgan fingerprint density at radius 3 is 2.77 bits per heavy atom. The van der Waals surface area contributed by atoms with E-state index >= 15 is 0 Å². The summed E-state index contributed by atoms with van der Waals surface area (Å²) in [6.45, 7) is 2.11. The standard InChI is InChI=1S/C16H13N3O2S/c1-11-14(9-21-16(20)13-7-8-17-10-18-13)22-15(19-11)12-5-3-2-4-6-12/h2-8,10H,9H2,1H3. The van der Waals surface area contributed by atoms with Crippen molar-refractivity contribution in [2.24, 2.45) is 0 Å². The van der Waals surface area contributed by atoms with E-state index in [1.807, 2.05) is 37.3 Å². The Morgan fingerprint density at radius 1 is 1.23 bits per heavy atom. The SMILES string of the molecule is Cc1nc(-c2ccccc2)sc1COC(=O)c1ccncn1. The molecule has 0 N–H and O–H groups in total. The monoisotopic (exact) mass is 311 g/mol. The molecule has 0 aliphatic rings. The first-order valence-electron chi connectivity index (χ1n) is 6.69. The minimum Gasteiger partial charge on any atom is -0.455 e. The first kappa shape index (κ1) is 14.3. The molecule has 0 radical (unpaired) electrons. The average Bonchev–Trinajstić information content (AvgIpc) is 2.95. The third-order valence-corrected chi connectivity index (χ3v) is 4.22. The van der Waals surface area contributed by atoms with Gasteiger partial charge < -0.3 is 4.74 Å². The van der Waals surface area contributed by atoms with Gasteiger partial charge in [-0.3, -0.25) is 0 Å². The zero-order valence-electron chi connectivity index (χ0n) is 11.9. The van der Waals surface area contributed by atoms with Gasteiger partial charge in [-0.2, -0.15) is 0 Å². The Kier molecular flexibility index (Phi) is 4.20. The molecule has 0 aliphatic carbocycles. The summed E-state index contributed by atoms with van der Waals surface area (Å²) >= 11 is 1.53. The van der Waals surface area contributed by atoms with E-state index in [2.05, 4.69) is 15.0 Å². The second-order valence-corrected chi connectivity index (χ2v) is 5.65. The van der Waals surface area contributed by atoms with Gasteiger partial charge in [-0.15, -0.1) is 11.3 Å². The fourth-order valence-electron chi connectivity index (χ4n) is 1.88. The molecule has 0 saturated heterocycles. The molecule has 22 heavy (non-hydrogen) atoms. The smallest absolute Gasteiger partial charge is 0.357 e. The van der Waals surface area contributed by atoms with Crippen LogP contribution in [0.4, 0.5) is 0 Å². The molecule has 0 unspecified atom stereocenters. The van der Waals surface area contributed by atoms with Crippen molar-refractivity contribution in [2.75, 3.05) is 0 Å². The van der Waals surface area contributed by atoms with Gasteiger partial charge in [0.15, 0.2) is 5.69 Å². The van der Waals surface area contributed by atoms with Crippen LogP contribution in [0.15, 0.2) is 48.9 Å². The maximum Gasteiger partial charge on any atom is 0.357 e. The molecule has 0 spiro atoms. The summed E-state index contributed by atoms with van der Waals surface area (Å²) < 4.78 is 5.29. The minimum absolute atomic E-state index is 0.194. The van der Waals surface area contributed by atoms with E-state index < -0.39 is 5.97 Å². The van der Waals surface area contributed by atoms with Crippen LogP contribution in [0.25, 0.3) is 10.6 Å². The first-order chi connectivity index (χ1) is 10.7. The molecule has 0 bridgehead atoms. The normalized spacial score (nSPS) is 10.4. The van der Waals surface area contributed by atoms with Gasteiger partial charge >= 0.3 is 5.97 Å². The number of carbonyl (C=O) groups excluding carboxylic acids is 1. The number of esters is 1. The predicted octanol–water partition coefficient (Wildman–Crippen LogP) is 3.27. The van der Waals surface area contributed by atoms with Crippen molar-refractivity contribution >= 4 is 17.3 Å². The second kappa shape index (κ2) is 6.44. The molecule has 0 fully saturated rings. The molecule has 1 aromatic carbocycles. The van der Waals surface area contributed by atoms with Gasteiger partial charge in [-0.25, -0.2) is 19.7 Å². The number of hydrogen-bond acceptors (Lipinski definition) is 6. The molecular formula is C16H13N3O2S. The Balaban J connectivity index is 1.71. The van der Waals surface area contributed by atoms with Crippen LogP contribution in [0.2, 0.25) is 0 Å². The van der Waals surface area contributed by atoms with Crippen LogP contribution in [0.5, 0.6) is 0 Å². The fourth-order valence-corrected chi connectivity index (χ4v) is 2.86. The van der Waals surface area contributed by atoms with Gasteiger partial charge in [-0.1, -0.05) is 30.3 Å². The van der Waals surface area contributed by atoms with E-state index in [1.165, 1.54) is 29.9 Å². The molecule has 2 aromatic heterocycles. The maximum absolute atomic E-state index is 11.9. The lowest BCUT2D eigenvalue weighted by atomic mass is 10.2. The molecule has 110 valence electrons. The third kappa shape index (κ3) is 3.17. The highest BCUT2D eigenvalue weighted by Gasteiger charge is 2.13. The molecule has 6 heteroatoms. The Bertz CT molecular complexity index is 773. The maximum atomic E-state index is 11.9. The molecule has 0 saturated carbocycles. The highest BCUT2D eigenvalue weighted by molar-refractivity contribution is 7.15. The lowest BCUT2D eigenvalue weighted by Crippen LogP contribution is -2.07. The molecule has 3 rings (SSSR count). The molecule has 2 heterocycles. The van der Waals surface area contributed by atoms with Gasteiger partial charge in [-0.05, 0) is 13.0 Å². The van der Waals surface area contributed by atoms with Gasteiger partial charge in [0, 0.05) is 11.8 Å². The summed E-state index contributed by atoms with van der Waals surface area (Å²) in [6, 6.07) is 11.5. The number of ether oxygens (including phenoxy) is 1. The van der Waals surface area contributed by atoms with E-state index in [-0.39, 0.29) is 12.3 Å². The Labute approximate surface area is 131 Å². The van der Waals surface area contributed by atoms with Crippen molar-refractivity contribution in [1.29, 1.82) is 0 Å². The van der Waals surface area contributed by atoms with E-state index in [0.717, 1.165) is 21.1 Å². The predicted molar refractivity (Wildman–Crippen MR) is 83.4 cm³/mol. The fraction of sp³-hybridized carbons (Fsp3) is 0.125. The van der Waals surface area contributed by atoms with Gasteiger partial charge in [0.2, 0.25) is 0 Å². The van der Waals surface area contributed by atoms with Gasteiger partial charge in [0.05, 0.1) is 10.6 Å². The summed E-state index contributed by atoms with van der Waals surface area (Å²) in [5, 5.41) is 0.922. The van der Waals surface area contributed by atoms with Crippen molar-refractivity contribution in [3.8, 4) is 10.6 Å². The number of thiazole rings is 1.